The second-order valence-electron chi connectivity index (χ2n) is 5.11. The number of methoxy groups -OCH3 is 1. The van der Waals surface area contributed by atoms with Crippen LogP contribution in [-0.2, 0) is 11.8 Å². The van der Waals surface area contributed by atoms with Crippen molar-refractivity contribution in [2.45, 2.75) is 31.2 Å². The third-order valence-electron chi connectivity index (χ3n) is 3.74. The Bertz CT molecular complexity index is 561. The molecule has 1 atom stereocenters. The first-order chi connectivity index (χ1) is 9.78. The normalized spacial score (nSPS) is 16.9. The Balaban J connectivity index is 1.72. The summed E-state index contributed by atoms with van der Waals surface area (Å²) in [5, 5.41) is 15.6. The lowest BCUT2D eigenvalue weighted by Crippen LogP contribution is -2.19. The van der Waals surface area contributed by atoms with E-state index in [1.165, 1.54) is 6.42 Å². The number of ether oxygens (including phenoxy) is 1. The summed E-state index contributed by atoms with van der Waals surface area (Å²) in [6.07, 6.45) is 5.29. The molecular weight excluding hydrogens is 258 g/mol. The molecule has 0 radical (unpaired) electrons. The van der Waals surface area contributed by atoms with Crippen molar-refractivity contribution in [3.8, 4) is 0 Å². The van der Waals surface area contributed by atoms with Crippen molar-refractivity contribution in [1.29, 1.82) is 0 Å². The third-order valence-corrected chi connectivity index (χ3v) is 3.74. The Morgan fingerprint density at radius 3 is 2.95 bits per heavy atom. The summed E-state index contributed by atoms with van der Waals surface area (Å²) < 4.78 is 12.7. The Labute approximate surface area is 117 Å². The predicted octanol–water partition coefficient (Wildman–Crippen LogP) is 1.87. The van der Waals surface area contributed by atoms with Gasteiger partial charge in [0.25, 0.3) is 0 Å². The quantitative estimate of drug-likeness (QED) is 0.868. The number of anilines is 1. The van der Waals surface area contributed by atoms with E-state index in [1.807, 2.05) is 13.1 Å². The van der Waals surface area contributed by atoms with Crippen LogP contribution in [0.1, 0.15) is 42.8 Å². The van der Waals surface area contributed by atoms with E-state index in [-0.39, 0.29) is 6.04 Å². The van der Waals surface area contributed by atoms with Crippen LogP contribution in [0, 0.1) is 0 Å². The van der Waals surface area contributed by atoms with E-state index in [0.29, 0.717) is 18.5 Å². The fourth-order valence-electron chi connectivity index (χ4n) is 2.36. The highest BCUT2D eigenvalue weighted by Gasteiger charge is 2.26. The highest BCUT2D eigenvalue weighted by Crippen LogP contribution is 2.36. The lowest BCUT2D eigenvalue weighted by molar-refractivity contribution is 0.183. The monoisotopic (exact) mass is 277 g/mol. The summed E-state index contributed by atoms with van der Waals surface area (Å²) in [7, 11) is 3.56. The molecule has 7 heteroatoms. The van der Waals surface area contributed by atoms with E-state index in [4.69, 9.17) is 9.15 Å². The number of aryl methyl sites for hydroxylation is 1. The summed E-state index contributed by atoms with van der Waals surface area (Å²) in [6.45, 7) is 0.501. The molecule has 108 valence electrons. The van der Waals surface area contributed by atoms with Gasteiger partial charge in [0, 0.05) is 26.3 Å². The first-order valence-electron chi connectivity index (χ1n) is 6.84. The van der Waals surface area contributed by atoms with Gasteiger partial charge >= 0.3 is 6.01 Å². The van der Waals surface area contributed by atoms with E-state index < -0.39 is 0 Å². The van der Waals surface area contributed by atoms with Gasteiger partial charge in [-0.05, 0) is 18.9 Å². The molecule has 7 nitrogen and oxygen atoms in total. The van der Waals surface area contributed by atoms with Gasteiger partial charge in [-0.2, -0.15) is 5.10 Å². The van der Waals surface area contributed by atoms with Gasteiger partial charge < -0.3 is 14.5 Å². The summed E-state index contributed by atoms with van der Waals surface area (Å²) in [5.41, 5.74) is 1.01. The molecule has 0 bridgehead atoms. The molecule has 0 aromatic carbocycles. The SMILES string of the molecule is COC[C@@H](Nc1nnc(C2CCC2)o1)c1ccnn1C. The fourth-order valence-corrected chi connectivity index (χ4v) is 2.36. The number of rotatable bonds is 6. The lowest BCUT2D eigenvalue weighted by Gasteiger charge is -2.21. The van der Waals surface area contributed by atoms with Gasteiger partial charge in [-0.15, -0.1) is 5.10 Å². The van der Waals surface area contributed by atoms with E-state index in [2.05, 4.69) is 20.6 Å². The molecule has 1 aliphatic rings. The molecule has 20 heavy (non-hydrogen) atoms. The average Bonchev–Trinajstić information content (AvgIpc) is 2.96. The zero-order chi connectivity index (χ0) is 13.9. The van der Waals surface area contributed by atoms with Gasteiger partial charge in [0.05, 0.1) is 18.3 Å². The first kappa shape index (κ1) is 13.1. The molecule has 2 heterocycles. The standard InChI is InChI=1S/C13H19N5O2/c1-18-11(6-7-14-18)10(8-19-2)15-13-17-16-12(20-13)9-4-3-5-9/h6-7,9-10H,3-5,8H2,1-2H3,(H,15,17)/t10-/m1/s1. The van der Waals surface area contributed by atoms with Crippen LogP contribution < -0.4 is 5.32 Å². The van der Waals surface area contributed by atoms with Crippen molar-refractivity contribution in [2.75, 3.05) is 19.0 Å². The van der Waals surface area contributed by atoms with Crippen LogP contribution in [0.15, 0.2) is 16.7 Å². The Kier molecular flexibility index (Phi) is 3.68. The van der Waals surface area contributed by atoms with Gasteiger partial charge in [-0.25, -0.2) is 0 Å². The molecule has 1 fully saturated rings. The maximum absolute atomic E-state index is 5.68. The number of nitrogens with zero attached hydrogens (tertiary/aromatic N) is 4. The van der Waals surface area contributed by atoms with Crippen molar-refractivity contribution in [1.82, 2.24) is 20.0 Å². The molecule has 1 saturated carbocycles. The van der Waals surface area contributed by atoms with Crippen LogP contribution in [-0.4, -0.2) is 33.7 Å². The van der Waals surface area contributed by atoms with Crippen LogP contribution in [0.4, 0.5) is 6.01 Å². The second kappa shape index (κ2) is 5.62. The van der Waals surface area contributed by atoms with Gasteiger partial charge in [-0.3, -0.25) is 4.68 Å². The molecule has 3 rings (SSSR count). The van der Waals surface area contributed by atoms with E-state index in [0.717, 1.165) is 24.4 Å². The number of aromatic nitrogens is 4. The maximum Gasteiger partial charge on any atom is 0.316 e. The molecule has 0 saturated heterocycles. The smallest absolute Gasteiger partial charge is 0.316 e. The number of nitrogens with one attached hydrogen (secondary N) is 1. The Morgan fingerprint density at radius 2 is 2.35 bits per heavy atom. The van der Waals surface area contributed by atoms with E-state index in [1.54, 1.807) is 18.0 Å². The van der Waals surface area contributed by atoms with Gasteiger partial charge in [0.2, 0.25) is 5.89 Å². The Hall–Kier alpha value is -1.89. The summed E-state index contributed by atoms with van der Waals surface area (Å²) in [5.74, 6) is 1.18. The molecule has 0 amide bonds. The Morgan fingerprint density at radius 1 is 1.50 bits per heavy atom. The zero-order valence-electron chi connectivity index (χ0n) is 11.7. The number of hydrogen-bond acceptors (Lipinski definition) is 6. The predicted molar refractivity (Wildman–Crippen MR) is 72.3 cm³/mol. The minimum Gasteiger partial charge on any atom is -0.408 e. The largest absolute Gasteiger partial charge is 0.408 e. The summed E-state index contributed by atoms with van der Waals surface area (Å²) in [4.78, 5) is 0. The van der Waals surface area contributed by atoms with Crippen molar-refractivity contribution < 1.29 is 9.15 Å². The van der Waals surface area contributed by atoms with Crippen LogP contribution >= 0.6 is 0 Å². The number of hydrogen-bond donors (Lipinski definition) is 1. The molecule has 2 aromatic heterocycles. The van der Waals surface area contributed by atoms with Gasteiger partial charge in [-0.1, -0.05) is 11.5 Å². The first-order valence-corrected chi connectivity index (χ1v) is 6.84. The van der Waals surface area contributed by atoms with Crippen LogP contribution in [0.3, 0.4) is 0 Å². The minimum atomic E-state index is -0.0674. The van der Waals surface area contributed by atoms with Crippen molar-refractivity contribution >= 4 is 6.01 Å². The highest BCUT2D eigenvalue weighted by molar-refractivity contribution is 5.25. The van der Waals surface area contributed by atoms with Gasteiger partial charge in [0.1, 0.15) is 0 Å². The third kappa shape index (κ3) is 2.53. The van der Waals surface area contributed by atoms with Crippen molar-refractivity contribution in [2.24, 2.45) is 7.05 Å². The van der Waals surface area contributed by atoms with E-state index >= 15 is 0 Å². The lowest BCUT2D eigenvalue weighted by atomic mass is 9.85. The van der Waals surface area contributed by atoms with Crippen molar-refractivity contribution in [3.63, 3.8) is 0 Å². The molecule has 2 aromatic rings. The van der Waals surface area contributed by atoms with Crippen LogP contribution in [0.5, 0.6) is 0 Å². The summed E-state index contributed by atoms with van der Waals surface area (Å²) >= 11 is 0. The maximum atomic E-state index is 5.68. The van der Waals surface area contributed by atoms with Gasteiger partial charge in [0.15, 0.2) is 0 Å². The average molecular weight is 277 g/mol. The molecule has 0 spiro atoms. The van der Waals surface area contributed by atoms with Crippen LogP contribution in [0.25, 0.3) is 0 Å². The highest BCUT2D eigenvalue weighted by atomic mass is 16.5. The topological polar surface area (TPSA) is 78.0 Å². The molecule has 1 aliphatic carbocycles. The second-order valence-corrected chi connectivity index (χ2v) is 5.11. The van der Waals surface area contributed by atoms with Crippen LogP contribution in [0.2, 0.25) is 0 Å². The zero-order valence-corrected chi connectivity index (χ0v) is 11.7. The molecule has 1 N–H and O–H groups in total. The molecule has 0 aliphatic heterocycles. The van der Waals surface area contributed by atoms with E-state index in [9.17, 15) is 0 Å². The fraction of sp³-hybridized carbons (Fsp3) is 0.615. The minimum absolute atomic E-state index is 0.0674. The molecule has 0 unspecified atom stereocenters. The summed E-state index contributed by atoms with van der Waals surface area (Å²) in [6, 6.07) is 2.32. The molecular formula is C13H19N5O2. The van der Waals surface area contributed by atoms with Crippen molar-refractivity contribution in [3.05, 3.63) is 23.8 Å².